The van der Waals surface area contributed by atoms with E-state index in [9.17, 15) is 13.2 Å². The number of nitrogens with one attached hydrogen (secondary N) is 3. The first-order valence-corrected chi connectivity index (χ1v) is 6.85. The van der Waals surface area contributed by atoms with E-state index in [1.54, 1.807) is 13.0 Å². The van der Waals surface area contributed by atoms with Crippen molar-refractivity contribution in [2.45, 2.75) is 11.8 Å². The second-order valence-electron chi connectivity index (χ2n) is 3.40. The molecule has 0 aliphatic heterocycles. The molecule has 8 heteroatoms. The molecule has 0 saturated carbocycles. The highest BCUT2D eigenvalue weighted by Crippen LogP contribution is 2.19. The van der Waals surface area contributed by atoms with Crippen molar-refractivity contribution in [1.29, 1.82) is 0 Å². The number of amides is 1. The van der Waals surface area contributed by atoms with E-state index in [0.29, 0.717) is 17.7 Å². The van der Waals surface area contributed by atoms with Crippen molar-refractivity contribution in [2.75, 3.05) is 12.4 Å². The van der Waals surface area contributed by atoms with Crippen LogP contribution in [0.25, 0.3) is 0 Å². The molecule has 18 heavy (non-hydrogen) atoms. The van der Waals surface area contributed by atoms with Gasteiger partial charge in [0, 0.05) is 5.69 Å². The van der Waals surface area contributed by atoms with Crippen LogP contribution in [-0.4, -0.2) is 27.0 Å². The second-order valence-corrected chi connectivity index (χ2v) is 5.70. The van der Waals surface area contributed by atoms with Crippen LogP contribution in [-0.2, 0) is 14.8 Å². The van der Waals surface area contributed by atoms with Crippen molar-refractivity contribution < 1.29 is 13.2 Å². The smallest absolute Gasteiger partial charge is 0.240 e. The maximum atomic E-state index is 11.6. The maximum Gasteiger partial charge on any atom is 0.240 e. The minimum absolute atomic E-state index is 0.150. The molecule has 0 unspecified atom stereocenters. The lowest BCUT2D eigenvalue weighted by atomic mass is 10.2. The summed E-state index contributed by atoms with van der Waals surface area (Å²) in [6, 6.07) is 4.54. The first-order chi connectivity index (χ1) is 8.40. The lowest BCUT2D eigenvalue weighted by Crippen LogP contribution is -2.27. The van der Waals surface area contributed by atoms with Gasteiger partial charge in [0.1, 0.15) is 0 Å². The summed E-state index contributed by atoms with van der Waals surface area (Å²) >= 11 is 4.84. The highest BCUT2D eigenvalue weighted by Gasteiger charge is 2.12. The molecule has 98 valence electrons. The molecule has 0 saturated heterocycles. The molecule has 0 aromatic heterocycles. The fourth-order valence-corrected chi connectivity index (χ4v) is 2.25. The minimum Gasteiger partial charge on any atom is -0.332 e. The van der Waals surface area contributed by atoms with Crippen LogP contribution in [0, 0.1) is 6.92 Å². The Morgan fingerprint density at radius 3 is 2.56 bits per heavy atom. The molecule has 1 amide bonds. The van der Waals surface area contributed by atoms with Crippen molar-refractivity contribution in [3.63, 3.8) is 0 Å². The van der Waals surface area contributed by atoms with Gasteiger partial charge in [-0.3, -0.25) is 4.79 Å². The van der Waals surface area contributed by atoms with Crippen LogP contribution in [0.5, 0.6) is 0 Å². The van der Waals surface area contributed by atoms with Crippen molar-refractivity contribution in [3.8, 4) is 0 Å². The van der Waals surface area contributed by atoms with Gasteiger partial charge in [0.05, 0.1) is 4.90 Å². The molecule has 0 spiro atoms. The third-order valence-corrected chi connectivity index (χ3v) is 3.85. The summed E-state index contributed by atoms with van der Waals surface area (Å²) in [5.41, 5.74) is 1.32. The minimum atomic E-state index is -3.46. The molecule has 0 radical (unpaired) electrons. The standard InChI is InChI=1S/C10H13N3O3S2/c1-7-5-8(18(15,16)11-2)3-4-9(7)13-10(17)12-6-14/h3-6,11H,1-2H3,(H2,12,13,14,17). The summed E-state index contributed by atoms with van der Waals surface area (Å²) in [6.07, 6.45) is 0.463. The number of thiocarbonyl (C=S) groups is 1. The van der Waals surface area contributed by atoms with Gasteiger partial charge in [-0.25, -0.2) is 13.1 Å². The third kappa shape index (κ3) is 3.49. The lowest BCUT2D eigenvalue weighted by Gasteiger charge is -2.11. The van der Waals surface area contributed by atoms with Gasteiger partial charge in [-0.15, -0.1) is 0 Å². The summed E-state index contributed by atoms with van der Waals surface area (Å²) < 4.78 is 25.4. The molecule has 1 aromatic rings. The Morgan fingerprint density at radius 1 is 1.39 bits per heavy atom. The zero-order chi connectivity index (χ0) is 13.8. The lowest BCUT2D eigenvalue weighted by molar-refractivity contribution is -0.108. The number of hydrogen-bond acceptors (Lipinski definition) is 4. The summed E-state index contributed by atoms with van der Waals surface area (Å²) in [5.74, 6) is 0. The van der Waals surface area contributed by atoms with E-state index in [1.807, 2.05) is 0 Å². The van der Waals surface area contributed by atoms with Gasteiger partial charge in [-0.2, -0.15) is 0 Å². The molecule has 6 nitrogen and oxygen atoms in total. The summed E-state index contributed by atoms with van der Waals surface area (Å²) in [7, 11) is -2.11. The van der Waals surface area contributed by atoms with Crippen molar-refractivity contribution >= 4 is 39.5 Å². The average Bonchev–Trinajstić information content (AvgIpc) is 2.32. The molecule has 0 bridgehead atoms. The Balaban J connectivity index is 3.00. The molecule has 1 aromatic carbocycles. The summed E-state index contributed by atoms with van der Waals surface area (Å²) in [6.45, 7) is 1.74. The van der Waals surface area contributed by atoms with Crippen molar-refractivity contribution in [3.05, 3.63) is 23.8 Å². The van der Waals surface area contributed by atoms with E-state index in [4.69, 9.17) is 12.2 Å². The normalized spacial score (nSPS) is 10.8. The Morgan fingerprint density at radius 2 is 2.06 bits per heavy atom. The van der Waals surface area contributed by atoms with Crippen LogP contribution in [0.4, 0.5) is 5.69 Å². The highest BCUT2D eigenvalue weighted by atomic mass is 32.2. The maximum absolute atomic E-state index is 11.6. The predicted octanol–water partition coefficient (Wildman–Crippen LogP) is 0.346. The largest absolute Gasteiger partial charge is 0.332 e. The molecule has 0 heterocycles. The van der Waals surface area contributed by atoms with Gasteiger partial charge >= 0.3 is 0 Å². The Bertz CT molecular complexity index is 570. The Hall–Kier alpha value is -1.51. The fourth-order valence-electron chi connectivity index (χ4n) is 1.27. The van der Waals surface area contributed by atoms with Crippen LogP contribution in [0.2, 0.25) is 0 Å². The van der Waals surface area contributed by atoms with Crippen LogP contribution in [0.1, 0.15) is 5.56 Å². The molecule has 3 N–H and O–H groups in total. The molecule has 0 aliphatic rings. The first-order valence-electron chi connectivity index (χ1n) is 4.96. The number of rotatable bonds is 4. The first kappa shape index (κ1) is 14.6. The molecule has 1 rings (SSSR count). The van der Waals surface area contributed by atoms with Gasteiger partial charge in [-0.05, 0) is 50.0 Å². The van der Waals surface area contributed by atoms with E-state index < -0.39 is 10.0 Å². The topological polar surface area (TPSA) is 87.3 Å². The third-order valence-electron chi connectivity index (χ3n) is 2.22. The van der Waals surface area contributed by atoms with Gasteiger partial charge < -0.3 is 10.6 Å². The number of carbonyl (C=O) groups excluding carboxylic acids is 1. The zero-order valence-electron chi connectivity index (χ0n) is 9.85. The van der Waals surface area contributed by atoms with Crippen LogP contribution in [0.15, 0.2) is 23.1 Å². The van der Waals surface area contributed by atoms with Gasteiger partial charge in [0.2, 0.25) is 16.4 Å². The molecule has 0 atom stereocenters. The molecule has 0 fully saturated rings. The van der Waals surface area contributed by atoms with E-state index in [0.717, 1.165) is 0 Å². The SMILES string of the molecule is CNS(=O)(=O)c1ccc(NC(=S)NC=O)c(C)c1. The number of sulfonamides is 1. The Labute approximate surface area is 111 Å². The Kier molecular flexibility index (Phi) is 4.76. The number of benzene rings is 1. The van der Waals surface area contributed by atoms with Crippen molar-refractivity contribution in [2.24, 2.45) is 0 Å². The van der Waals surface area contributed by atoms with E-state index in [1.165, 1.54) is 19.2 Å². The van der Waals surface area contributed by atoms with Crippen LogP contribution < -0.4 is 15.4 Å². The number of aryl methyl sites for hydroxylation is 1. The van der Waals surface area contributed by atoms with Crippen LogP contribution in [0.3, 0.4) is 0 Å². The zero-order valence-corrected chi connectivity index (χ0v) is 11.5. The van der Waals surface area contributed by atoms with E-state index >= 15 is 0 Å². The van der Waals surface area contributed by atoms with Gasteiger partial charge in [-0.1, -0.05) is 0 Å². The average molecular weight is 287 g/mol. The summed E-state index contributed by atoms with van der Waals surface area (Å²) in [4.78, 5) is 10.4. The van der Waals surface area contributed by atoms with E-state index in [-0.39, 0.29) is 10.0 Å². The quantitative estimate of drug-likeness (QED) is 0.549. The fraction of sp³-hybridized carbons (Fsp3) is 0.200. The molecular formula is C10H13N3O3S2. The molecule has 0 aliphatic carbocycles. The summed E-state index contributed by atoms with van der Waals surface area (Å²) in [5, 5.41) is 5.22. The van der Waals surface area contributed by atoms with Gasteiger partial charge in [0.15, 0.2) is 5.11 Å². The van der Waals surface area contributed by atoms with Gasteiger partial charge in [0.25, 0.3) is 0 Å². The number of carbonyl (C=O) groups is 1. The van der Waals surface area contributed by atoms with Crippen LogP contribution >= 0.6 is 12.2 Å². The second kappa shape index (κ2) is 5.89. The highest BCUT2D eigenvalue weighted by molar-refractivity contribution is 7.89. The molecular weight excluding hydrogens is 274 g/mol. The van der Waals surface area contributed by atoms with E-state index in [2.05, 4.69) is 15.4 Å². The monoisotopic (exact) mass is 287 g/mol. The predicted molar refractivity (Wildman–Crippen MR) is 72.8 cm³/mol. The number of anilines is 1. The van der Waals surface area contributed by atoms with Crippen molar-refractivity contribution in [1.82, 2.24) is 10.0 Å². The number of hydrogen-bond donors (Lipinski definition) is 3.